The Balaban J connectivity index is 1.58. The first-order chi connectivity index (χ1) is 9.68. The standard InChI is InChI=1S/C17H25NO2/c1-14-4-2-5-15(12-14)13-18-9-7-17(8-10-18)16(19)6-3-11-20-17/h2,4-5,12,16,19H,3,6-11,13H2,1H3. The second-order valence-electron chi connectivity index (χ2n) is 6.34. The fraction of sp³-hybridized carbons (Fsp3) is 0.647. The zero-order valence-corrected chi connectivity index (χ0v) is 12.3. The number of nitrogens with zero attached hydrogens (tertiary/aromatic N) is 1. The molecular formula is C17H25NO2. The van der Waals surface area contributed by atoms with Crippen LogP contribution in [0.15, 0.2) is 24.3 Å². The Kier molecular flexibility index (Phi) is 4.11. The number of hydrogen-bond acceptors (Lipinski definition) is 3. The number of ether oxygens (including phenoxy) is 1. The number of rotatable bonds is 2. The van der Waals surface area contributed by atoms with Crippen molar-refractivity contribution in [1.29, 1.82) is 0 Å². The quantitative estimate of drug-likeness (QED) is 0.900. The molecule has 0 radical (unpaired) electrons. The molecule has 0 bridgehead atoms. The molecule has 1 aromatic carbocycles. The highest BCUT2D eigenvalue weighted by Crippen LogP contribution is 2.35. The molecule has 2 saturated heterocycles. The maximum atomic E-state index is 10.3. The van der Waals surface area contributed by atoms with Gasteiger partial charge in [0.2, 0.25) is 0 Å². The molecule has 2 fully saturated rings. The highest BCUT2D eigenvalue weighted by atomic mass is 16.5. The molecule has 1 N–H and O–H groups in total. The smallest absolute Gasteiger partial charge is 0.0964 e. The van der Waals surface area contributed by atoms with Gasteiger partial charge >= 0.3 is 0 Å². The van der Waals surface area contributed by atoms with E-state index < -0.39 is 0 Å². The molecule has 0 saturated carbocycles. The van der Waals surface area contributed by atoms with E-state index in [1.165, 1.54) is 11.1 Å². The Morgan fingerprint density at radius 1 is 1.35 bits per heavy atom. The fourth-order valence-corrected chi connectivity index (χ4v) is 3.55. The van der Waals surface area contributed by atoms with Crippen molar-refractivity contribution in [1.82, 2.24) is 4.90 Å². The van der Waals surface area contributed by atoms with Crippen molar-refractivity contribution in [3.63, 3.8) is 0 Å². The lowest BCUT2D eigenvalue weighted by Crippen LogP contribution is -2.55. The lowest BCUT2D eigenvalue weighted by Gasteiger charge is -2.46. The van der Waals surface area contributed by atoms with Crippen molar-refractivity contribution in [2.45, 2.75) is 50.9 Å². The average molecular weight is 275 g/mol. The molecule has 3 heteroatoms. The van der Waals surface area contributed by atoms with Gasteiger partial charge in [0, 0.05) is 26.2 Å². The van der Waals surface area contributed by atoms with Crippen LogP contribution in [0.25, 0.3) is 0 Å². The molecule has 20 heavy (non-hydrogen) atoms. The zero-order chi connectivity index (χ0) is 14.0. The van der Waals surface area contributed by atoms with Gasteiger partial charge in [0.15, 0.2) is 0 Å². The Labute approximate surface area is 121 Å². The van der Waals surface area contributed by atoms with Crippen molar-refractivity contribution in [2.24, 2.45) is 0 Å². The van der Waals surface area contributed by atoms with Crippen molar-refractivity contribution in [3.05, 3.63) is 35.4 Å². The first kappa shape index (κ1) is 14.1. The second-order valence-corrected chi connectivity index (χ2v) is 6.34. The van der Waals surface area contributed by atoms with Gasteiger partial charge in [-0.1, -0.05) is 29.8 Å². The summed E-state index contributed by atoms with van der Waals surface area (Å²) >= 11 is 0. The summed E-state index contributed by atoms with van der Waals surface area (Å²) in [6.07, 6.45) is 3.55. The van der Waals surface area contributed by atoms with E-state index in [0.717, 1.165) is 51.9 Å². The minimum atomic E-state index is -0.266. The summed E-state index contributed by atoms with van der Waals surface area (Å²) in [6.45, 7) is 6.00. The molecule has 1 unspecified atom stereocenters. The van der Waals surface area contributed by atoms with Crippen molar-refractivity contribution < 1.29 is 9.84 Å². The van der Waals surface area contributed by atoms with Crippen LogP contribution in [0.5, 0.6) is 0 Å². The van der Waals surface area contributed by atoms with Crippen LogP contribution in [0, 0.1) is 6.92 Å². The summed E-state index contributed by atoms with van der Waals surface area (Å²) < 4.78 is 5.96. The van der Waals surface area contributed by atoms with Gasteiger partial charge in [-0.25, -0.2) is 0 Å². The largest absolute Gasteiger partial charge is 0.390 e. The second kappa shape index (κ2) is 5.84. The van der Waals surface area contributed by atoms with Gasteiger partial charge in [-0.05, 0) is 38.2 Å². The summed E-state index contributed by atoms with van der Waals surface area (Å²) in [5.74, 6) is 0. The average Bonchev–Trinajstić information content (AvgIpc) is 2.45. The minimum absolute atomic E-state index is 0.249. The molecule has 1 spiro atoms. The van der Waals surface area contributed by atoms with Gasteiger partial charge in [-0.2, -0.15) is 0 Å². The SMILES string of the molecule is Cc1cccc(CN2CCC3(CC2)OCCCC3O)c1. The lowest BCUT2D eigenvalue weighted by atomic mass is 9.82. The number of benzene rings is 1. The van der Waals surface area contributed by atoms with E-state index in [0.29, 0.717) is 0 Å². The Bertz CT molecular complexity index is 452. The maximum Gasteiger partial charge on any atom is 0.0964 e. The number of piperidine rings is 1. The molecule has 1 aromatic rings. The van der Waals surface area contributed by atoms with Crippen molar-refractivity contribution >= 4 is 0 Å². The zero-order valence-electron chi connectivity index (χ0n) is 12.3. The number of aliphatic hydroxyl groups excluding tert-OH is 1. The van der Waals surface area contributed by atoms with Crippen molar-refractivity contribution in [3.8, 4) is 0 Å². The fourth-order valence-electron chi connectivity index (χ4n) is 3.55. The van der Waals surface area contributed by atoms with E-state index in [1.807, 2.05) is 0 Å². The molecule has 2 heterocycles. The van der Waals surface area contributed by atoms with Gasteiger partial charge in [0.25, 0.3) is 0 Å². The topological polar surface area (TPSA) is 32.7 Å². The summed E-state index contributed by atoms with van der Waals surface area (Å²) in [5, 5.41) is 10.3. The first-order valence-electron chi connectivity index (χ1n) is 7.78. The van der Waals surface area contributed by atoms with Crippen LogP contribution in [0.3, 0.4) is 0 Å². The third-order valence-corrected chi connectivity index (χ3v) is 4.81. The molecule has 2 aliphatic rings. The van der Waals surface area contributed by atoms with Crippen LogP contribution in [-0.4, -0.2) is 41.4 Å². The van der Waals surface area contributed by atoms with Gasteiger partial charge in [0.1, 0.15) is 0 Å². The molecule has 3 rings (SSSR count). The third-order valence-electron chi connectivity index (χ3n) is 4.81. The number of likely N-dealkylation sites (tertiary alicyclic amines) is 1. The molecule has 110 valence electrons. The number of aryl methyl sites for hydroxylation is 1. The van der Waals surface area contributed by atoms with E-state index in [9.17, 15) is 5.11 Å². The lowest BCUT2D eigenvalue weighted by molar-refractivity contribution is -0.177. The summed E-state index contributed by atoms with van der Waals surface area (Å²) in [7, 11) is 0. The molecule has 3 nitrogen and oxygen atoms in total. The van der Waals surface area contributed by atoms with Crippen LogP contribution in [0.4, 0.5) is 0 Å². The van der Waals surface area contributed by atoms with E-state index in [-0.39, 0.29) is 11.7 Å². The summed E-state index contributed by atoms with van der Waals surface area (Å²) in [5.41, 5.74) is 2.45. The van der Waals surface area contributed by atoms with Gasteiger partial charge < -0.3 is 9.84 Å². The van der Waals surface area contributed by atoms with Crippen LogP contribution in [0.2, 0.25) is 0 Å². The molecular weight excluding hydrogens is 250 g/mol. The van der Waals surface area contributed by atoms with E-state index >= 15 is 0 Å². The van der Waals surface area contributed by atoms with Crippen molar-refractivity contribution in [2.75, 3.05) is 19.7 Å². The van der Waals surface area contributed by atoms with Crippen LogP contribution < -0.4 is 0 Å². The Hall–Kier alpha value is -0.900. The van der Waals surface area contributed by atoms with E-state index in [4.69, 9.17) is 4.74 Å². The predicted molar refractivity (Wildman–Crippen MR) is 79.6 cm³/mol. The number of aliphatic hydroxyl groups is 1. The molecule has 2 aliphatic heterocycles. The van der Waals surface area contributed by atoms with Crippen LogP contribution in [-0.2, 0) is 11.3 Å². The monoisotopic (exact) mass is 275 g/mol. The normalized spacial score (nSPS) is 26.8. The van der Waals surface area contributed by atoms with Crippen LogP contribution in [0.1, 0.15) is 36.8 Å². The summed E-state index contributed by atoms with van der Waals surface area (Å²) in [6, 6.07) is 8.73. The number of hydrogen-bond donors (Lipinski definition) is 1. The Morgan fingerprint density at radius 3 is 2.85 bits per heavy atom. The molecule has 0 aliphatic carbocycles. The predicted octanol–water partition coefficient (Wildman–Crippen LogP) is 2.50. The minimum Gasteiger partial charge on any atom is -0.390 e. The van der Waals surface area contributed by atoms with Gasteiger partial charge in [-0.15, -0.1) is 0 Å². The molecule has 0 aromatic heterocycles. The summed E-state index contributed by atoms with van der Waals surface area (Å²) in [4.78, 5) is 2.48. The third kappa shape index (κ3) is 2.90. The Morgan fingerprint density at radius 2 is 2.15 bits per heavy atom. The van der Waals surface area contributed by atoms with E-state index in [1.54, 1.807) is 0 Å². The maximum absolute atomic E-state index is 10.3. The van der Waals surface area contributed by atoms with Crippen LogP contribution >= 0.6 is 0 Å². The van der Waals surface area contributed by atoms with E-state index in [2.05, 4.69) is 36.1 Å². The highest BCUT2D eigenvalue weighted by Gasteiger charge is 2.43. The van der Waals surface area contributed by atoms with Gasteiger partial charge in [-0.3, -0.25) is 4.90 Å². The van der Waals surface area contributed by atoms with Gasteiger partial charge in [0.05, 0.1) is 11.7 Å². The first-order valence-corrected chi connectivity index (χ1v) is 7.78. The molecule has 1 atom stereocenters. The highest BCUT2D eigenvalue weighted by molar-refractivity contribution is 5.22. The molecule has 0 amide bonds.